The molecule has 1 aromatic carbocycles. The van der Waals surface area contributed by atoms with E-state index in [2.05, 4.69) is 0 Å². The zero-order valence-corrected chi connectivity index (χ0v) is 9.38. The molecule has 1 aliphatic rings. The summed E-state index contributed by atoms with van der Waals surface area (Å²) in [6, 6.07) is 4.56. The van der Waals surface area contributed by atoms with E-state index in [-0.39, 0.29) is 5.56 Å². The van der Waals surface area contributed by atoms with Crippen LogP contribution in [0.4, 0.5) is 0 Å². The van der Waals surface area contributed by atoms with Gasteiger partial charge < -0.3 is 20.1 Å². The topological polar surface area (TPSA) is 87.0 Å². The molecule has 5 nitrogen and oxygen atoms in total. The molecule has 0 aromatic heterocycles. The molecule has 3 N–H and O–H groups in total. The minimum absolute atomic E-state index is 0.191. The molecule has 1 aromatic rings. The maximum atomic E-state index is 10.8. The van der Waals surface area contributed by atoms with Crippen molar-refractivity contribution in [1.29, 1.82) is 0 Å². The van der Waals surface area contributed by atoms with Crippen molar-refractivity contribution in [2.75, 3.05) is 6.61 Å². The Labute approximate surface area is 98.3 Å². The van der Waals surface area contributed by atoms with Gasteiger partial charge in [-0.2, -0.15) is 0 Å². The van der Waals surface area contributed by atoms with Gasteiger partial charge in [0.15, 0.2) is 0 Å². The number of hydrogen-bond donors (Lipinski definition) is 3. The molecular weight excluding hydrogens is 224 g/mol. The van der Waals surface area contributed by atoms with Crippen LogP contribution in [0, 0.1) is 0 Å². The largest absolute Gasteiger partial charge is 0.487 e. The molecule has 0 amide bonds. The highest BCUT2D eigenvalue weighted by molar-refractivity contribution is 5.88. The number of carbonyl (C=O) groups is 1. The molecule has 0 saturated heterocycles. The van der Waals surface area contributed by atoms with Gasteiger partial charge in [-0.05, 0) is 30.7 Å². The van der Waals surface area contributed by atoms with Gasteiger partial charge in [-0.3, -0.25) is 0 Å². The van der Waals surface area contributed by atoms with E-state index >= 15 is 0 Å². The van der Waals surface area contributed by atoms with Crippen molar-refractivity contribution >= 4 is 5.97 Å². The quantitative estimate of drug-likeness (QED) is 0.711. The summed E-state index contributed by atoms with van der Waals surface area (Å²) in [6.45, 7) is 1.08. The van der Waals surface area contributed by atoms with E-state index in [0.717, 1.165) is 5.56 Å². The van der Waals surface area contributed by atoms with Gasteiger partial charge in [0.1, 0.15) is 17.5 Å². The number of rotatable bonds is 3. The third kappa shape index (κ3) is 2.11. The summed E-state index contributed by atoms with van der Waals surface area (Å²) >= 11 is 0. The fourth-order valence-corrected chi connectivity index (χ4v) is 1.83. The normalized spacial score (nSPS) is 21.5. The van der Waals surface area contributed by atoms with E-state index < -0.39 is 24.3 Å². The molecule has 0 bridgehead atoms. The molecule has 0 radical (unpaired) electrons. The molecule has 0 spiro atoms. The van der Waals surface area contributed by atoms with Crippen molar-refractivity contribution in [1.82, 2.24) is 0 Å². The van der Waals surface area contributed by atoms with Crippen LogP contribution in [0.15, 0.2) is 18.2 Å². The third-order valence-corrected chi connectivity index (χ3v) is 3.00. The Morgan fingerprint density at radius 3 is 2.88 bits per heavy atom. The van der Waals surface area contributed by atoms with Crippen molar-refractivity contribution in [2.24, 2.45) is 0 Å². The summed E-state index contributed by atoms with van der Waals surface area (Å²) in [5, 5.41) is 27.8. The third-order valence-electron chi connectivity index (χ3n) is 3.00. The molecule has 1 aliphatic heterocycles. The molecule has 0 saturated carbocycles. The van der Waals surface area contributed by atoms with Crippen LogP contribution in [0.2, 0.25) is 0 Å². The molecular formula is C12H14O5. The van der Waals surface area contributed by atoms with E-state index in [1.165, 1.54) is 19.1 Å². The van der Waals surface area contributed by atoms with Crippen LogP contribution in [0.1, 0.15) is 22.8 Å². The predicted octanol–water partition coefficient (Wildman–Crippen LogP) is 0.432. The number of carboxylic acid groups (broad SMARTS) is 1. The van der Waals surface area contributed by atoms with Crippen LogP contribution in [-0.4, -0.2) is 39.6 Å². The van der Waals surface area contributed by atoms with Gasteiger partial charge in [-0.15, -0.1) is 0 Å². The molecule has 2 rings (SSSR count). The maximum Gasteiger partial charge on any atom is 0.335 e. The minimum atomic E-state index is -1.33. The summed E-state index contributed by atoms with van der Waals surface area (Å²) in [4.78, 5) is 10.8. The number of aromatic carboxylic acids is 1. The number of hydrogen-bond acceptors (Lipinski definition) is 4. The van der Waals surface area contributed by atoms with Crippen molar-refractivity contribution in [3.8, 4) is 5.75 Å². The van der Waals surface area contributed by atoms with E-state index in [0.29, 0.717) is 12.2 Å². The highest BCUT2D eigenvalue weighted by Crippen LogP contribution is 2.33. The lowest BCUT2D eigenvalue weighted by Crippen LogP contribution is -2.45. The Bertz CT molecular complexity index is 452. The maximum absolute atomic E-state index is 10.8. The zero-order valence-electron chi connectivity index (χ0n) is 9.38. The van der Waals surface area contributed by atoms with Crippen LogP contribution >= 0.6 is 0 Å². The second-order valence-electron chi connectivity index (χ2n) is 4.45. The first-order valence-corrected chi connectivity index (χ1v) is 5.30. The SMILES string of the molecule is C[C@@](O)(CO)[C@@H]1Cc2cc(C(=O)O)ccc2O1. The van der Waals surface area contributed by atoms with Crippen LogP contribution in [-0.2, 0) is 6.42 Å². The predicted molar refractivity (Wildman–Crippen MR) is 59.2 cm³/mol. The summed E-state index contributed by atoms with van der Waals surface area (Å²) in [5.74, 6) is -0.432. The van der Waals surface area contributed by atoms with Crippen LogP contribution in [0.5, 0.6) is 5.75 Å². The molecule has 2 atom stereocenters. The first-order chi connectivity index (χ1) is 7.94. The summed E-state index contributed by atoms with van der Waals surface area (Å²) in [5.41, 5.74) is -0.400. The Balaban J connectivity index is 2.25. The second-order valence-corrected chi connectivity index (χ2v) is 4.45. The van der Waals surface area contributed by atoms with Gasteiger partial charge in [0.2, 0.25) is 0 Å². The molecule has 5 heteroatoms. The fraction of sp³-hybridized carbons (Fsp3) is 0.417. The summed E-state index contributed by atoms with van der Waals surface area (Å²) in [6.07, 6.45) is -0.157. The van der Waals surface area contributed by atoms with Gasteiger partial charge in [0.25, 0.3) is 0 Å². The van der Waals surface area contributed by atoms with E-state index in [1.807, 2.05) is 0 Å². The number of ether oxygens (including phenoxy) is 1. The van der Waals surface area contributed by atoms with Gasteiger partial charge >= 0.3 is 5.97 Å². The van der Waals surface area contributed by atoms with Crippen molar-refractivity contribution in [2.45, 2.75) is 25.0 Å². The number of aliphatic hydroxyl groups excluding tert-OH is 1. The first kappa shape index (κ1) is 11.9. The first-order valence-electron chi connectivity index (χ1n) is 5.30. The lowest BCUT2D eigenvalue weighted by Gasteiger charge is -2.26. The Morgan fingerprint density at radius 2 is 2.29 bits per heavy atom. The smallest absolute Gasteiger partial charge is 0.335 e. The average Bonchev–Trinajstić information content (AvgIpc) is 2.72. The monoisotopic (exact) mass is 238 g/mol. The second kappa shape index (κ2) is 4.01. The van der Waals surface area contributed by atoms with Crippen molar-refractivity contribution in [3.63, 3.8) is 0 Å². The Morgan fingerprint density at radius 1 is 1.59 bits per heavy atom. The Kier molecular flexibility index (Phi) is 2.81. The molecule has 0 fully saturated rings. The highest BCUT2D eigenvalue weighted by Gasteiger charge is 2.38. The minimum Gasteiger partial charge on any atom is -0.487 e. The van der Waals surface area contributed by atoms with Crippen LogP contribution < -0.4 is 4.74 Å². The molecule has 17 heavy (non-hydrogen) atoms. The fourth-order valence-electron chi connectivity index (χ4n) is 1.83. The Hall–Kier alpha value is -1.59. The van der Waals surface area contributed by atoms with Gasteiger partial charge in [-0.25, -0.2) is 4.79 Å². The number of fused-ring (bicyclic) bond motifs is 1. The van der Waals surface area contributed by atoms with Crippen LogP contribution in [0.25, 0.3) is 0 Å². The van der Waals surface area contributed by atoms with Gasteiger partial charge in [-0.1, -0.05) is 0 Å². The van der Waals surface area contributed by atoms with Gasteiger partial charge in [0.05, 0.1) is 12.2 Å². The lowest BCUT2D eigenvalue weighted by atomic mass is 9.95. The van der Waals surface area contributed by atoms with E-state index in [1.54, 1.807) is 6.07 Å². The number of carboxylic acids is 1. The van der Waals surface area contributed by atoms with Crippen molar-refractivity contribution in [3.05, 3.63) is 29.3 Å². The molecule has 0 unspecified atom stereocenters. The number of benzene rings is 1. The van der Waals surface area contributed by atoms with Gasteiger partial charge in [0, 0.05) is 6.42 Å². The standard InChI is InChI=1S/C12H14O5/c1-12(16,6-13)10-5-8-4-7(11(14)15)2-3-9(8)17-10/h2-4,10,13,16H,5-6H2,1H3,(H,14,15)/t10-,12+/m0/s1. The summed E-state index contributed by atoms with van der Waals surface area (Å²) < 4.78 is 5.49. The summed E-state index contributed by atoms with van der Waals surface area (Å²) in [7, 11) is 0. The molecule has 0 aliphatic carbocycles. The molecule has 1 heterocycles. The average molecular weight is 238 g/mol. The van der Waals surface area contributed by atoms with E-state index in [9.17, 15) is 9.90 Å². The number of aliphatic hydroxyl groups is 2. The highest BCUT2D eigenvalue weighted by atomic mass is 16.5. The van der Waals surface area contributed by atoms with Crippen molar-refractivity contribution < 1.29 is 24.9 Å². The zero-order chi connectivity index (χ0) is 12.6. The van der Waals surface area contributed by atoms with Crippen LogP contribution in [0.3, 0.4) is 0 Å². The lowest BCUT2D eigenvalue weighted by molar-refractivity contribution is -0.0729. The molecule has 92 valence electrons. The van der Waals surface area contributed by atoms with E-state index in [4.69, 9.17) is 14.9 Å².